The molecule has 1 aliphatic carbocycles. The average molecular weight is 397 g/mol. The van der Waals surface area contributed by atoms with Gasteiger partial charge in [-0.1, -0.05) is 31.9 Å². The first-order chi connectivity index (χ1) is 14.1. The number of aromatic nitrogens is 2. The second kappa shape index (κ2) is 7.90. The first-order valence-corrected chi connectivity index (χ1v) is 11.9. The molecule has 4 heterocycles. The van der Waals surface area contributed by atoms with Crippen LogP contribution in [0.3, 0.4) is 0 Å². The Morgan fingerprint density at radius 1 is 1.28 bits per heavy atom. The van der Waals surface area contributed by atoms with E-state index in [4.69, 9.17) is 0 Å². The lowest BCUT2D eigenvalue weighted by molar-refractivity contribution is 0.00131. The SMILES string of the molecule is CC(C)CCc1cc(C(=O)N2CCCC3=C[C@H]4C[C@@H](CN5CCCCC45)C32)n[nH]1. The number of H-pyrrole nitrogens is 1. The van der Waals surface area contributed by atoms with Crippen LogP contribution in [0.25, 0.3) is 0 Å². The summed E-state index contributed by atoms with van der Waals surface area (Å²) in [5.41, 5.74) is 3.25. The van der Waals surface area contributed by atoms with Gasteiger partial charge in [-0.25, -0.2) is 0 Å². The quantitative estimate of drug-likeness (QED) is 0.782. The molecule has 4 aliphatic rings. The third-order valence-corrected chi connectivity index (χ3v) is 7.76. The smallest absolute Gasteiger partial charge is 0.274 e. The molecule has 3 saturated heterocycles. The second-order valence-electron chi connectivity index (χ2n) is 10.2. The zero-order valence-electron chi connectivity index (χ0n) is 18.1. The van der Waals surface area contributed by atoms with E-state index in [1.165, 1.54) is 45.2 Å². The van der Waals surface area contributed by atoms with Gasteiger partial charge in [-0.05, 0) is 75.3 Å². The minimum atomic E-state index is 0.131. The highest BCUT2D eigenvalue weighted by atomic mass is 16.2. The molecule has 1 aromatic heterocycles. The van der Waals surface area contributed by atoms with Gasteiger partial charge in [0, 0.05) is 24.8 Å². The predicted octanol–water partition coefficient (Wildman–Crippen LogP) is 4.03. The topological polar surface area (TPSA) is 52.2 Å². The van der Waals surface area contributed by atoms with Gasteiger partial charge in [-0.2, -0.15) is 5.10 Å². The first kappa shape index (κ1) is 19.3. The van der Waals surface area contributed by atoms with Crippen molar-refractivity contribution in [3.63, 3.8) is 0 Å². The van der Waals surface area contributed by atoms with Crippen LogP contribution < -0.4 is 0 Å². The van der Waals surface area contributed by atoms with Gasteiger partial charge < -0.3 is 4.90 Å². The molecule has 29 heavy (non-hydrogen) atoms. The Labute approximate surface area is 174 Å². The van der Waals surface area contributed by atoms with Gasteiger partial charge >= 0.3 is 0 Å². The van der Waals surface area contributed by atoms with Crippen molar-refractivity contribution in [2.45, 2.75) is 77.3 Å². The summed E-state index contributed by atoms with van der Waals surface area (Å²) in [6.45, 7) is 7.77. The molecule has 5 rings (SSSR count). The molecule has 0 radical (unpaired) electrons. The fourth-order valence-electron chi connectivity index (χ4n) is 6.39. The van der Waals surface area contributed by atoms with Crippen molar-refractivity contribution in [3.8, 4) is 0 Å². The van der Waals surface area contributed by atoms with Crippen molar-refractivity contribution in [2.75, 3.05) is 19.6 Å². The van der Waals surface area contributed by atoms with E-state index in [-0.39, 0.29) is 5.91 Å². The number of hydrogen-bond donors (Lipinski definition) is 1. The Balaban J connectivity index is 1.36. The monoisotopic (exact) mass is 396 g/mol. The van der Waals surface area contributed by atoms with Crippen molar-refractivity contribution < 1.29 is 4.79 Å². The van der Waals surface area contributed by atoms with Crippen LogP contribution in [0.15, 0.2) is 17.7 Å². The first-order valence-electron chi connectivity index (χ1n) is 11.9. The molecule has 5 heteroatoms. The molecule has 1 N–H and O–H groups in total. The average Bonchev–Trinajstić information content (AvgIpc) is 3.20. The van der Waals surface area contributed by atoms with Crippen LogP contribution in [0, 0.1) is 17.8 Å². The minimum Gasteiger partial charge on any atom is -0.330 e. The number of hydrogen-bond acceptors (Lipinski definition) is 3. The molecule has 1 amide bonds. The van der Waals surface area contributed by atoms with Crippen molar-refractivity contribution in [3.05, 3.63) is 29.1 Å². The van der Waals surface area contributed by atoms with Crippen LogP contribution in [-0.2, 0) is 6.42 Å². The van der Waals surface area contributed by atoms with Crippen molar-refractivity contribution in [2.24, 2.45) is 17.8 Å². The number of rotatable bonds is 4. The van der Waals surface area contributed by atoms with E-state index in [2.05, 4.69) is 39.9 Å². The van der Waals surface area contributed by atoms with Crippen molar-refractivity contribution in [1.82, 2.24) is 20.0 Å². The molecule has 158 valence electrons. The van der Waals surface area contributed by atoms with E-state index in [9.17, 15) is 4.79 Å². The van der Waals surface area contributed by atoms with Gasteiger partial charge in [-0.3, -0.25) is 14.8 Å². The number of nitrogens with one attached hydrogen (secondary N) is 1. The summed E-state index contributed by atoms with van der Waals surface area (Å²) in [4.78, 5) is 18.4. The van der Waals surface area contributed by atoms with Crippen LogP contribution in [0.1, 0.15) is 75.0 Å². The van der Waals surface area contributed by atoms with Crippen molar-refractivity contribution >= 4 is 5.91 Å². The van der Waals surface area contributed by atoms with Crippen LogP contribution in [0.5, 0.6) is 0 Å². The highest BCUT2D eigenvalue weighted by molar-refractivity contribution is 5.93. The number of aryl methyl sites for hydroxylation is 1. The van der Waals surface area contributed by atoms with Gasteiger partial charge in [0.1, 0.15) is 5.69 Å². The van der Waals surface area contributed by atoms with Crippen LogP contribution >= 0.6 is 0 Å². The zero-order valence-corrected chi connectivity index (χ0v) is 18.1. The number of piperidine rings is 3. The van der Waals surface area contributed by atoms with Gasteiger partial charge in [0.25, 0.3) is 5.91 Å². The highest BCUT2D eigenvalue weighted by Crippen LogP contribution is 2.45. The van der Waals surface area contributed by atoms with Gasteiger partial charge in [-0.15, -0.1) is 0 Å². The van der Waals surface area contributed by atoms with E-state index < -0.39 is 0 Å². The summed E-state index contributed by atoms with van der Waals surface area (Å²) < 4.78 is 0. The second-order valence-corrected chi connectivity index (χ2v) is 10.2. The summed E-state index contributed by atoms with van der Waals surface area (Å²) in [5, 5.41) is 7.52. The van der Waals surface area contributed by atoms with E-state index in [1.54, 1.807) is 5.57 Å². The van der Waals surface area contributed by atoms with E-state index in [1.807, 2.05) is 6.07 Å². The summed E-state index contributed by atoms with van der Waals surface area (Å²) in [7, 11) is 0. The molecule has 5 nitrogen and oxygen atoms in total. The molecule has 1 aromatic rings. The predicted molar refractivity (Wildman–Crippen MR) is 115 cm³/mol. The third-order valence-electron chi connectivity index (χ3n) is 7.76. The number of amides is 1. The Bertz CT molecular complexity index is 782. The molecular formula is C24H36N4O. The fraction of sp³-hybridized carbons (Fsp3) is 0.750. The number of nitrogens with zero attached hydrogens (tertiary/aromatic N) is 3. The van der Waals surface area contributed by atoms with E-state index in [0.29, 0.717) is 29.5 Å². The lowest BCUT2D eigenvalue weighted by Crippen LogP contribution is -2.60. The maximum Gasteiger partial charge on any atom is 0.274 e. The normalized spacial score (nSPS) is 32.0. The Kier molecular flexibility index (Phi) is 5.27. The lowest BCUT2D eigenvalue weighted by Gasteiger charge is -2.54. The van der Waals surface area contributed by atoms with E-state index in [0.717, 1.165) is 37.5 Å². The third kappa shape index (κ3) is 3.67. The number of carbonyl (C=O) groups excluding carboxylic acids is 1. The van der Waals surface area contributed by atoms with E-state index >= 15 is 0 Å². The minimum absolute atomic E-state index is 0.131. The molecule has 2 unspecified atom stereocenters. The molecule has 4 atom stereocenters. The molecule has 3 aliphatic heterocycles. The largest absolute Gasteiger partial charge is 0.330 e. The molecular weight excluding hydrogens is 360 g/mol. The molecule has 0 aromatic carbocycles. The molecule has 0 spiro atoms. The molecule has 3 fully saturated rings. The van der Waals surface area contributed by atoms with Crippen molar-refractivity contribution in [1.29, 1.82) is 0 Å². The Morgan fingerprint density at radius 2 is 2.17 bits per heavy atom. The van der Waals surface area contributed by atoms with Gasteiger partial charge in [0.15, 0.2) is 0 Å². The molecule has 2 bridgehead atoms. The van der Waals surface area contributed by atoms with Crippen LogP contribution in [0.4, 0.5) is 0 Å². The summed E-state index contributed by atoms with van der Waals surface area (Å²) in [5.74, 6) is 2.10. The lowest BCUT2D eigenvalue weighted by atomic mass is 9.68. The van der Waals surface area contributed by atoms with Crippen LogP contribution in [-0.4, -0.2) is 57.6 Å². The maximum absolute atomic E-state index is 13.5. The Morgan fingerprint density at radius 3 is 3.03 bits per heavy atom. The number of aromatic amines is 1. The van der Waals surface area contributed by atoms with Crippen LogP contribution in [0.2, 0.25) is 0 Å². The standard InChI is InChI=1S/C24H36N4O/c1-16(2)8-9-20-14-21(26-25-20)24(29)28-11-5-6-17-12-18-13-19(23(17)28)15-27-10-4-3-7-22(18)27/h12,14,16,18-19,22-23H,3-11,13,15H2,1-2H3,(H,25,26)/t18-,19-,22?,23?/m0/s1. The summed E-state index contributed by atoms with van der Waals surface area (Å²) in [6.07, 6.45) is 12.3. The summed E-state index contributed by atoms with van der Waals surface area (Å²) in [6, 6.07) is 3.05. The summed E-state index contributed by atoms with van der Waals surface area (Å²) >= 11 is 0. The highest BCUT2D eigenvalue weighted by Gasteiger charge is 2.47. The Hall–Kier alpha value is -1.62. The van der Waals surface area contributed by atoms with Gasteiger partial charge in [0.2, 0.25) is 0 Å². The zero-order chi connectivity index (χ0) is 20.0. The van der Waals surface area contributed by atoms with Gasteiger partial charge in [0.05, 0.1) is 6.04 Å². The number of carbonyl (C=O) groups is 1. The number of likely N-dealkylation sites (tertiary alicyclic amines) is 1. The molecule has 0 saturated carbocycles. The maximum atomic E-state index is 13.5. The number of fused-ring (bicyclic) bond motifs is 6. The fourth-order valence-corrected chi connectivity index (χ4v) is 6.39.